The first-order valence-electron chi connectivity index (χ1n) is 6.37. The van der Waals surface area contributed by atoms with Gasteiger partial charge in [-0.1, -0.05) is 6.07 Å². The van der Waals surface area contributed by atoms with Crippen molar-refractivity contribution in [2.24, 2.45) is 0 Å². The number of fused-ring (bicyclic) bond motifs is 2. The van der Waals surface area contributed by atoms with Crippen molar-refractivity contribution in [1.82, 2.24) is 9.55 Å². The molecule has 4 rings (SSSR count). The maximum Gasteiger partial charge on any atom is 0.231 e. The highest BCUT2D eigenvalue weighted by atomic mass is 16.7. The molecule has 0 fully saturated rings. The molecule has 5 nitrogen and oxygen atoms in total. The van der Waals surface area contributed by atoms with Gasteiger partial charge >= 0.3 is 0 Å². The van der Waals surface area contributed by atoms with Crippen molar-refractivity contribution in [1.29, 1.82) is 0 Å². The third-order valence-corrected chi connectivity index (χ3v) is 3.45. The SMILES string of the molecule is Cc1ccc2c(c1)nc(N)n2-c1ccc2c(c1)OCO2. The summed E-state index contributed by atoms with van der Waals surface area (Å²) in [7, 11) is 0. The molecule has 0 spiro atoms. The van der Waals surface area contributed by atoms with E-state index in [2.05, 4.69) is 4.98 Å². The van der Waals surface area contributed by atoms with E-state index in [0.29, 0.717) is 5.95 Å². The zero-order valence-electron chi connectivity index (χ0n) is 11.0. The Hall–Kier alpha value is -2.69. The van der Waals surface area contributed by atoms with Crippen LogP contribution in [0.25, 0.3) is 16.7 Å². The van der Waals surface area contributed by atoms with Gasteiger partial charge in [0.1, 0.15) is 0 Å². The Morgan fingerprint density at radius 2 is 1.95 bits per heavy atom. The number of nitrogens with two attached hydrogens (primary N) is 1. The molecule has 0 aliphatic carbocycles. The van der Waals surface area contributed by atoms with Crippen molar-refractivity contribution in [3.63, 3.8) is 0 Å². The number of ether oxygens (including phenoxy) is 2. The molecule has 5 heteroatoms. The van der Waals surface area contributed by atoms with Gasteiger partial charge < -0.3 is 15.2 Å². The molecule has 3 aromatic rings. The predicted molar refractivity (Wildman–Crippen MR) is 76.3 cm³/mol. The van der Waals surface area contributed by atoms with Gasteiger partial charge in [0.2, 0.25) is 12.7 Å². The number of nitrogens with zero attached hydrogens (tertiary/aromatic N) is 2. The second kappa shape index (κ2) is 3.90. The number of aromatic nitrogens is 2. The van der Waals surface area contributed by atoms with E-state index in [4.69, 9.17) is 15.2 Å². The van der Waals surface area contributed by atoms with Crippen molar-refractivity contribution < 1.29 is 9.47 Å². The Bertz CT molecular complexity index is 823. The third kappa shape index (κ3) is 1.53. The van der Waals surface area contributed by atoms with Crippen molar-refractivity contribution in [2.45, 2.75) is 6.92 Å². The largest absolute Gasteiger partial charge is 0.454 e. The highest BCUT2D eigenvalue weighted by molar-refractivity contribution is 5.81. The number of nitrogen functional groups attached to an aromatic ring is 1. The van der Waals surface area contributed by atoms with Gasteiger partial charge in [0.25, 0.3) is 0 Å². The van der Waals surface area contributed by atoms with Crippen LogP contribution in [0.1, 0.15) is 5.56 Å². The molecular formula is C15H13N3O2. The van der Waals surface area contributed by atoms with E-state index in [1.165, 1.54) is 0 Å². The summed E-state index contributed by atoms with van der Waals surface area (Å²) in [5.41, 5.74) is 10.0. The van der Waals surface area contributed by atoms with Crippen LogP contribution in [0.4, 0.5) is 5.95 Å². The molecule has 0 saturated carbocycles. The van der Waals surface area contributed by atoms with Crippen LogP contribution in [0.5, 0.6) is 11.5 Å². The number of hydrogen-bond donors (Lipinski definition) is 1. The average Bonchev–Trinajstić information content (AvgIpc) is 3.00. The molecular weight excluding hydrogens is 254 g/mol. The highest BCUT2D eigenvalue weighted by Gasteiger charge is 2.16. The Morgan fingerprint density at radius 1 is 1.10 bits per heavy atom. The minimum Gasteiger partial charge on any atom is -0.454 e. The summed E-state index contributed by atoms with van der Waals surface area (Å²) in [6.45, 7) is 2.30. The van der Waals surface area contributed by atoms with Crippen LogP contribution in [-0.4, -0.2) is 16.3 Å². The van der Waals surface area contributed by atoms with Gasteiger partial charge in [-0.2, -0.15) is 0 Å². The van der Waals surface area contributed by atoms with Gasteiger partial charge in [-0.3, -0.25) is 4.57 Å². The molecule has 0 radical (unpaired) electrons. The molecule has 1 aliphatic rings. The minimum absolute atomic E-state index is 0.262. The van der Waals surface area contributed by atoms with Crippen molar-refractivity contribution in [3.05, 3.63) is 42.0 Å². The molecule has 0 unspecified atom stereocenters. The van der Waals surface area contributed by atoms with Crippen molar-refractivity contribution in [2.75, 3.05) is 12.5 Å². The van der Waals surface area contributed by atoms with Crippen LogP contribution in [-0.2, 0) is 0 Å². The molecule has 1 aromatic heterocycles. The fraction of sp³-hybridized carbons (Fsp3) is 0.133. The highest BCUT2D eigenvalue weighted by Crippen LogP contribution is 2.35. The number of benzene rings is 2. The monoisotopic (exact) mass is 267 g/mol. The molecule has 0 atom stereocenters. The van der Waals surface area contributed by atoms with Crippen LogP contribution in [0.2, 0.25) is 0 Å². The standard InChI is InChI=1S/C15H13N3O2/c1-9-2-4-12-11(6-9)17-15(16)18(12)10-3-5-13-14(7-10)20-8-19-13/h2-7H,8H2,1H3,(H2,16,17). The van der Waals surface area contributed by atoms with Gasteiger partial charge in [-0.25, -0.2) is 4.98 Å². The fourth-order valence-corrected chi connectivity index (χ4v) is 2.50. The van der Waals surface area contributed by atoms with Crippen LogP contribution in [0.15, 0.2) is 36.4 Å². The van der Waals surface area contributed by atoms with E-state index in [9.17, 15) is 0 Å². The van der Waals surface area contributed by atoms with E-state index >= 15 is 0 Å². The Kier molecular flexibility index (Phi) is 2.18. The molecule has 100 valence electrons. The zero-order valence-corrected chi connectivity index (χ0v) is 11.0. The summed E-state index contributed by atoms with van der Waals surface area (Å²) in [6, 6.07) is 11.8. The molecule has 0 amide bonds. The molecule has 20 heavy (non-hydrogen) atoms. The maximum atomic E-state index is 6.06. The smallest absolute Gasteiger partial charge is 0.231 e. The average molecular weight is 267 g/mol. The van der Waals surface area contributed by atoms with E-state index in [1.807, 2.05) is 47.9 Å². The second-order valence-electron chi connectivity index (χ2n) is 4.84. The summed E-state index contributed by atoms with van der Waals surface area (Å²) < 4.78 is 12.7. The first kappa shape index (κ1) is 11.2. The molecule has 0 saturated heterocycles. The van der Waals surface area contributed by atoms with E-state index in [1.54, 1.807) is 0 Å². The molecule has 0 bridgehead atoms. The molecule has 2 N–H and O–H groups in total. The van der Waals surface area contributed by atoms with E-state index in [0.717, 1.165) is 33.8 Å². The van der Waals surface area contributed by atoms with Gasteiger partial charge in [0.05, 0.1) is 16.7 Å². The Balaban J connectivity index is 1.96. The quantitative estimate of drug-likeness (QED) is 0.736. The topological polar surface area (TPSA) is 62.3 Å². The van der Waals surface area contributed by atoms with Gasteiger partial charge in [-0.05, 0) is 36.8 Å². The first-order chi connectivity index (χ1) is 9.72. The van der Waals surface area contributed by atoms with Gasteiger partial charge in [-0.15, -0.1) is 0 Å². The number of aryl methyl sites for hydroxylation is 1. The van der Waals surface area contributed by atoms with Crippen LogP contribution >= 0.6 is 0 Å². The second-order valence-corrected chi connectivity index (χ2v) is 4.84. The van der Waals surface area contributed by atoms with Crippen LogP contribution in [0.3, 0.4) is 0 Å². The number of anilines is 1. The maximum absolute atomic E-state index is 6.06. The summed E-state index contributed by atoms with van der Waals surface area (Å²) in [6.07, 6.45) is 0. The summed E-state index contributed by atoms with van der Waals surface area (Å²) in [4.78, 5) is 4.41. The normalized spacial score (nSPS) is 13.1. The Labute approximate surface area is 115 Å². The first-order valence-corrected chi connectivity index (χ1v) is 6.37. The summed E-state index contributed by atoms with van der Waals surface area (Å²) >= 11 is 0. The predicted octanol–water partition coefficient (Wildman–Crippen LogP) is 2.64. The van der Waals surface area contributed by atoms with Crippen molar-refractivity contribution in [3.8, 4) is 17.2 Å². The molecule has 1 aliphatic heterocycles. The lowest BCUT2D eigenvalue weighted by Gasteiger charge is -2.07. The summed E-state index contributed by atoms with van der Waals surface area (Å²) in [5.74, 6) is 1.95. The van der Waals surface area contributed by atoms with Crippen molar-refractivity contribution >= 4 is 17.0 Å². The molecule has 2 heterocycles. The van der Waals surface area contributed by atoms with Gasteiger partial charge in [0.15, 0.2) is 11.5 Å². The lowest BCUT2D eigenvalue weighted by molar-refractivity contribution is 0.174. The molecule has 2 aromatic carbocycles. The van der Waals surface area contributed by atoms with Gasteiger partial charge in [0, 0.05) is 6.07 Å². The number of imidazole rings is 1. The summed E-state index contributed by atoms with van der Waals surface area (Å²) in [5, 5.41) is 0. The Morgan fingerprint density at radius 3 is 2.85 bits per heavy atom. The fourth-order valence-electron chi connectivity index (χ4n) is 2.50. The number of rotatable bonds is 1. The zero-order chi connectivity index (χ0) is 13.7. The number of hydrogen-bond acceptors (Lipinski definition) is 4. The third-order valence-electron chi connectivity index (χ3n) is 3.45. The van der Waals surface area contributed by atoms with Crippen LogP contribution < -0.4 is 15.2 Å². The lowest BCUT2D eigenvalue weighted by Crippen LogP contribution is -2.00. The minimum atomic E-state index is 0.262. The van der Waals surface area contributed by atoms with E-state index in [-0.39, 0.29) is 6.79 Å². The van der Waals surface area contributed by atoms with E-state index < -0.39 is 0 Å². The lowest BCUT2D eigenvalue weighted by atomic mass is 10.2. The van der Waals surface area contributed by atoms with Crippen LogP contribution in [0, 0.1) is 6.92 Å².